The lowest BCUT2D eigenvalue weighted by molar-refractivity contribution is 0.521. The van der Waals surface area contributed by atoms with E-state index in [4.69, 9.17) is 12.2 Å². The van der Waals surface area contributed by atoms with Gasteiger partial charge in [-0.25, -0.2) is 4.98 Å². The fourth-order valence-electron chi connectivity index (χ4n) is 2.02. The summed E-state index contributed by atoms with van der Waals surface area (Å²) in [7, 11) is 0. The zero-order chi connectivity index (χ0) is 14.2. The van der Waals surface area contributed by atoms with Crippen molar-refractivity contribution in [3.8, 4) is 10.7 Å². The van der Waals surface area contributed by atoms with Crippen LogP contribution >= 0.6 is 23.6 Å². The van der Waals surface area contributed by atoms with Gasteiger partial charge in [0.1, 0.15) is 0 Å². The lowest BCUT2D eigenvalue weighted by Crippen LogP contribution is -2.07. The normalized spacial score (nSPS) is 11.7. The predicted octanol–water partition coefficient (Wildman–Crippen LogP) is 4.15. The van der Waals surface area contributed by atoms with Crippen molar-refractivity contribution < 1.29 is 0 Å². The molecule has 0 aliphatic rings. The van der Waals surface area contributed by atoms with E-state index in [2.05, 4.69) is 47.4 Å². The van der Waals surface area contributed by atoms with Crippen molar-refractivity contribution in [2.24, 2.45) is 5.92 Å². The van der Waals surface area contributed by atoms with Crippen LogP contribution in [-0.4, -0.2) is 19.7 Å². The Morgan fingerprint density at radius 3 is 2.58 bits per heavy atom. The minimum atomic E-state index is 0.387. The van der Waals surface area contributed by atoms with Gasteiger partial charge in [-0.3, -0.25) is 9.67 Å². The van der Waals surface area contributed by atoms with Crippen molar-refractivity contribution in [1.82, 2.24) is 19.7 Å². The number of rotatable bonds is 4. The second-order valence-corrected chi connectivity index (χ2v) is 7.05. The van der Waals surface area contributed by atoms with E-state index in [1.54, 1.807) is 11.3 Å². The molecule has 0 saturated carbocycles. The molecule has 2 heterocycles. The summed E-state index contributed by atoms with van der Waals surface area (Å²) in [6, 6.07) is 0. The Morgan fingerprint density at radius 1 is 1.32 bits per heavy atom. The SMILES string of the molecule is Cc1nc(C(C)C)c(-c2n[nH]c(=S)n2CC(C)C)s1. The van der Waals surface area contributed by atoms with Gasteiger partial charge in [0.2, 0.25) is 0 Å². The highest BCUT2D eigenvalue weighted by molar-refractivity contribution is 7.71. The van der Waals surface area contributed by atoms with Crippen molar-refractivity contribution in [3.63, 3.8) is 0 Å². The first-order valence-electron chi connectivity index (χ1n) is 6.53. The Kier molecular flexibility index (Phi) is 4.20. The Morgan fingerprint density at radius 2 is 2.00 bits per heavy atom. The third kappa shape index (κ3) is 2.95. The summed E-state index contributed by atoms with van der Waals surface area (Å²) in [5, 5.41) is 8.40. The van der Waals surface area contributed by atoms with E-state index in [1.165, 1.54) is 0 Å². The van der Waals surface area contributed by atoms with E-state index < -0.39 is 0 Å². The summed E-state index contributed by atoms with van der Waals surface area (Å²) in [6.45, 7) is 11.6. The van der Waals surface area contributed by atoms with Gasteiger partial charge in [-0.05, 0) is 31.0 Å². The third-order valence-corrected chi connectivity index (χ3v) is 4.11. The highest BCUT2D eigenvalue weighted by atomic mass is 32.1. The van der Waals surface area contributed by atoms with Crippen molar-refractivity contribution >= 4 is 23.6 Å². The molecule has 6 heteroatoms. The molecule has 0 fully saturated rings. The van der Waals surface area contributed by atoms with Crippen molar-refractivity contribution in [2.75, 3.05) is 0 Å². The van der Waals surface area contributed by atoms with E-state index in [0.29, 0.717) is 16.6 Å². The average molecular weight is 296 g/mol. The summed E-state index contributed by atoms with van der Waals surface area (Å²) in [5.74, 6) is 1.84. The molecule has 104 valence electrons. The number of thiazole rings is 1. The fourth-order valence-corrected chi connectivity index (χ4v) is 3.30. The van der Waals surface area contributed by atoms with Crippen LogP contribution in [0, 0.1) is 17.6 Å². The summed E-state index contributed by atoms with van der Waals surface area (Å²) in [5.41, 5.74) is 1.11. The molecule has 0 aromatic carbocycles. The molecule has 0 saturated heterocycles. The maximum Gasteiger partial charge on any atom is 0.195 e. The molecule has 0 unspecified atom stereocenters. The minimum absolute atomic E-state index is 0.387. The number of aromatic amines is 1. The van der Waals surface area contributed by atoms with Crippen LogP contribution in [0.25, 0.3) is 10.7 Å². The number of hydrogen-bond donors (Lipinski definition) is 1. The van der Waals surface area contributed by atoms with Crippen molar-refractivity contribution in [1.29, 1.82) is 0 Å². The zero-order valence-corrected chi connectivity index (χ0v) is 13.7. The number of hydrogen-bond acceptors (Lipinski definition) is 4. The molecule has 0 radical (unpaired) electrons. The summed E-state index contributed by atoms with van der Waals surface area (Å²) in [4.78, 5) is 5.77. The maximum atomic E-state index is 5.34. The topological polar surface area (TPSA) is 46.5 Å². The fraction of sp³-hybridized carbons (Fsp3) is 0.615. The molecule has 0 aliphatic carbocycles. The van der Waals surface area contributed by atoms with Gasteiger partial charge < -0.3 is 0 Å². The van der Waals surface area contributed by atoms with Gasteiger partial charge in [-0.15, -0.1) is 11.3 Å². The molecule has 4 nitrogen and oxygen atoms in total. The van der Waals surface area contributed by atoms with Gasteiger partial charge in [0.05, 0.1) is 15.6 Å². The maximum absolute atomic E-state index is 5.34. The molecule has 1 N–H and O–H groups in total. The van der Waals surface area contributed by atoms with Gasteiger partial charge in [0.15, 0.2) is 10.6 Å². The molecular formula is C13H20N4S2. The van der Waals surface area contributed by atoms with Crippen LogP contribution < -0.4 is 0 Å². The molecule has 19 heavy (non-hydrogen) atoms. The lowest BCUT2D eigenvalue weighted by Gasteiger charge is -2.10. The van der Waals surface area contributed by atoms with Gasteiger partial charge in [0.25, 0.3) is 0 Å². The number of aryl methyl sites for hydroxylation is 1. The van der Waals surface area contributed by atoms with Crippen LogP contribution in [0.3, 0.4) is 0 Å². The molecule has 0 atom stereocenters. The van der Waals surface area contributed by atoms with E-state index >= 15 is 0 Å². The Hall–Kier alpha value is -1.01. The van der Waals surface area contributed by atoms with E-state index in [-0.39, 0.29) is 0 Å². The van der Waals surface area contributed by atoms with Crippen LogP contribution in [0.2, 0.25) is 0 Å². The third-order valence-electron chi connectivity index (χ3n) is 2.82. The first-order chi connectivity index (χ1) is 8.90. The van der Waals surface area contributed by atoms with Gasteiger partial charge in [-0.1, -0.05) is 27.7 Å². The quantitative estimate of drug-likeness (QED) is 0.862. The molecule has 2 aromatic heterocycles. The van der Waals surface area contributed by atoms with Crippen LogP contribution in [0.15, 0.2) is 0 Å². The number of aromatic nitrogens is 4. The Bertz CT molecular complexity index is 619. The van der Waals surface area contributed by atoms with E-state index in [1.807, 2.05) is 6.92 Å². The Balaban J connectivity index is 2.56. The van der Waals surface area contributed by atoms with Gasteiger partial charge in [-0.2, -0.15) is 5.10 Å². The first-order valence-corrected chi connectivity index (χ1v) is 7.75. The smallest absolute Gasteiger partial charge is 0.195 e. The monoisotopic (exact) mass is 296 g/mol. The molecule has 0 amide bonds. The highest BCUT2D eigenvalue weighted by Gasteiger charge is 2.19. The first kappa shape index (κ1) is 14.4. The molecular weight excluding hydrogens is 276 g/mol. The lowest BCUT2D eigenvalue weighted by atomic mass is 10.1. The van der Waals surface area contributed by atoms with Gasteiger partial charge in [0, 0.05) is 6.54 Å². The predicted molar refractivity (Wildman–Crippen MR) is 82.2 cm³/mol. The number of H-pyrrole nitrogens is 1. The molecule has 0 aliphatic heterocycles. The summed E-state index contributed by atoms with van der Waals surface area (Å²) >= 11 is 7.03. The van der Waals surface area contributed by atoms with Crippen LogP contribution in [0.5, 0.6) is 0 Å². The van der Waals surface area contributed by atoms with Gasteiger partial charge >= 0.3 is 0 Å². The highest BCUT2D eigenvalue weighted by Crippen LogP contribution is 2.33. The van der Waals surface area contributed by atoms with Crippen LogP contribution in [0.4, 0.5) is 0 Å². The van der Waals surface area contributed by atoms with Crippen molar-refractivity contribution in [2.45, 2.75) is 47.1 Å². The zero-order valence-electron chi connectivity index (χ0n) is 12.0. The second kappa shape index (κ2) is 5.54. The standard InChI is InChI=1S/C13H20N4S2/c1-7(2)6-17-12(15-16-13(17)18)11-10(8(3)4)14-9(5)19-11/h7-8H,6H2,1-5H3,(H,16,18). The number of nitrogens with one attached hydrogen (secondary N) is 1. The average Bonchev–Trinajstić information content (AvgIpc) is 2.83. The molecule has 2 rings (SSSR count). The van der Waals surface area contributed by atoms with Crippen LogP contribution in [0.1, 0.15) is 44.3 Å². The minimum Gasteiger partial charge on any atom is -0.299 e. The number of nitrogens with zero attached hydrogens (tertiary/aromatic N) is 3. The summed E-state index contributed by atoms with van der Waals surface area (Å²) in [6.07, 6.45) is 0. The molecule has 0 spiro atoms. The van der Waals surface area contributed by atoms with E-state index in [0.717, 1.165) is 27.9 Å². The second-order valence-electron chi connectivity index (χ2n) is 5.46. The largest absolute Gasteiger partial charge is 0.299 e. The van der Waals surface area contributed by atoms with Crippen LogP contribution in [-0.2, 0) is 6.54 Å². The van der Waals surface area contributed by atoms with E-state index in [9.17, 15) is 0 Å². The Labute approximate surface area is 122 Å². The van der Waals surface area contributed by atoms with Crippen molar-refractivity contribution in [3.05, 3.63) is 15.5 Å². The molecule has 2 aromatic rings. The molecule has 0 bridgehead atoms. The summed E-state index contributed by atoms with van der Waals surface area (Å²) < 4.78 is 2.77.